The van der Waals surface area contributed by atoms with E-state index in [1.54, 1.807) is 0 Å². The first-order valence-electron chi connectivity index (χ1n) is 6.41. The van der Waals surface area contributed by atoms with Gasteiger partial charge in [0.15, 0.2) is 5.78 Å². The standard InChI is InChI=1S/C17H18O/c1-3-13(17(18)4-2)12-15-10-7-9-14-8-5-6-11-16(14)15/h3,5-11H,4,12H2,1-2H3/b13-3-. The Bertz CT molecular complexity index is 588. The maximum Gasteiger partial charge on any atom is 0.158 e. The van der Waals surface area contributed by atoms with E-state index in [2.05, 4.69) is 30.3 Å². The van der Waals surface area contributed by atoms with Gasteiger partial charge in [-0.25, -0.2) is 0 Å². The molecule has 92 valence electrons. The van der Waals surface area contributed by atoms with E-state index in [1.807, 2.05) is 32.1 Å². The Hall–Kier alpha value is -1.89. The van der Waals surface area contributed by atoms with Crippen LogP contribution in [0.15, 0.2) is 54.1 Å². The van der Waals surface area contributed by atoms with Gasteiger partial charge >= 0.3 is 0 Å². The van der Waals surface area contributed by atoms with Crippen molar-refractivity contribution in [3.63, 3.8) is 0 Å². The topological polar surface area (TPSA) is 17.1 Å². The molecule has 0 unspecified atom stereocenters. The van der Waals surface area contributed by atoms with Crippen LogP contribution in [0.3, 0.4) is 0 Å². The second-order valence-electron chi connectivity index (χ2n) is 4.41. The van der Waals surface area contributed by atoms with Gasteiger partial charge in [0.2, 0.25) is 0 Å². The summed E-state index contributed by atoms with van der Waals surface area (Å²) < 4.78 is 0. The molecule has 2 aromatic rings. The molecule has 0 aliphatic rings. The third kappa shape index (κ3) is 2.51. The molecule has 2 rings (SSSR count). The highest BCUT2D eigenvalue weighted by Gasteiger charge is 2.08. The smallest absolute Gasteiger partial charge is 0.158 e. The van der Waals surface area contributed by atoms with Crippen molar-refractivity contribution in [2.24, 2.45) is 0 Å². The summed E-state index contributed by atoms with van der Waals surface area (Å²) in [6.07, 6.45) is 3.24. The SMILES string of the molecule is C/C=C(/Cc1cccc2ccccc12)C(=O)CC. The monoisotopic (exact) mass is 238 g/mol. The summed E-state index contributed by atoms with van der Waals surface area (Å²) in [6.45, 7) is 3.85. The lowest BCUT2D eigenvalue weighted by molar-refractivity contribution is -0.115. The van der Waals surface area contributed by atoms with Crippen LogP contribution in [0.4, 0.5) is 0 Å². The molecule has 1 nitrogen and oxygen atoms in total. The number of fused-ring (bicyclic) bond motifs is 1. The molecule has 0 bridgehead atoms. The quantitative estimate of drug-likeness (QED) is 0.725. The van der Waals surface area contributed by atoms with E-state index in [9.17, 15) is 4.79 Å². The summed E-state index contributed by atoms with van der Waals surface area (Å²) in [6, 6.07) is 14.6. The molecule has 0 amide bonds. The lowest BCUT2D eigenvalue weighted by Crippen LogP contribution is -2.04. The highest BCUT2D eigenvalue weighted by molar-refractivity contribution is 5.96. The second-order valence-corrected chi connectivity index (χ2v) is 4.41. The Morgan fingerprint density at radius 3 is 2.56 bits per heavy atom. The lowest BCUT2D eigenvalue weighted by Gasteiger charge is -2.08. The molecule has 0 aliphatic carbocycles. The number of rotatable bonds is 4. The third-order valence-electron chi connectivity index (χ3n) is 3.29. The van der Waals surface area contributed by atoms with Gasteiger partial charge in [0.1, 0.15) is 0 Å². The Kier molecular flexibility index (Phi) is 3.93. The molecule has 0 saturated heterocycles. The van der Waals surface area contributed by atoms with Crippen LogP contribution in [-0.4, -0.2) is 5.78 Å². The molecule has 2 aromatic carbocycles. The lowest BCUT2D eigenvalue weighted by atomic mass is 9.96. The fourth-order valence-electron chi connectivity index (χ4n) is 2.24. The van der Waals surface area contributed by atoms with Gasteiger partial charge in [0, 0.05) is 12.8 Å². The first-order chi connectivity index (χ1) is 8.76. The molecule has 0 saturated carbocycles. The number of carbonyl (C=O) groups is 1. The van der Waals surface area contributed by atoms with Crippen LogP contribution in [0.25, 0.3) is 10.8 Å². The van der Waals surface area contributed by atoms with Crippen LogP contribution in [0, 0.1) is 0 Å². The Morgan fingerprint density at radius 2 is 1.83 bits per heavy atom. The highest BCUT2D eigenvalue weighted by atomic mass is 16.1. The van der Waals surface area contributed by atoms with Gasteiger partial charge in [-0.05, 0) is 28.8 Å². The Labute approximate surface area is 108 Å². The van der Waals surface area contributed by atoms with E-state index < -0.39 is 0 Å². The van der Waals surface area contributed by atoms with Crippen LogP contribution in [0.2, 0.25) is 0 Å². The molecular weight excluding hydrogens is 220 g/mol. The minimum Gasteiger partial charge on any atom is -0.295 e. The number of ketones is 1. The predicted molar refractivity (Wildman–Crippen MR) is 76.7 cm³/mol. The zero-order chi connectivity index (χ0) is 13.0. The summed E-state index contributed by atoms with van der Waals surface area (Å²) in [4.78, 5) is 11.8. The minimum absolute atomic E-state index is 0.241. The average Bonchev–Trinajstić information content (AvgIpc) is 2.44. The van der Waals surface area contributed by atoms with Crippen molar-refractivity contribution in [2.45, 2.75) is 26.7 Å². The van der Waals surface area contributed by atoms with E-state index in [0.717, 1.165) is 12.0 Å². The van der Waals surface area contributed by atoms with Gasteiger partial charge in [-0.1, -0.05) is 55.5 Å². The summed E-state index contributed by atoms with van der Waals surface area (Å²) in [5.74, 6) is 0.241. The molecule has 0 fully saturated rings. The van der Waals surface area contributed by atoms with E-state index in [1.165, 1.54) is 16.3 Å². The third-order valence-corrected chi connectivity index (χ3v) is 3.29. The van der Waals surface area contributed by atoms with Crippen molar-refractivity contribution in [2.75, 3.05) is 0 Å². The summed E-state index contributed by atoms with van der Waals surface area (Å²) in [5, 5.41) is 2.47. The van der Waals surface area contributed by atoms with Crippen molar-refractivity contribution in [3.05, 3.63) is 59.7 Å². The van der Waals surface area contributed by atoms with Crippen molar-refractivity contribution in [3.8, 4) is 0 Å². The summed E-state index contributed by atoms with van der Waals surface area (Å²) >= 11 is 0. The van der Waals surface area contributed by atoms with Gasteiger partial charge in [-0.2, -0.15) is 0 Å². The fraction of sp³-hybridized carbons (Fsp3) is 0.235. The molecule has 0 atom stereocenters. The molecule has 0 aliphatic heterocycles. The molecule has 0 aromatic heterocycles. The van der Waals surface area contributed by atoms with Crippen LogP contribution >= 0.6 is 0 Å². The first-order valence-corrected chi connectivity index (χ1v) is 6.41. The van der Waals surface area contributed by atoms with E-state index in [-0.39, 0.29) is 5.78 Å². The van der Waals surface area contributed by atoms with E-state index in [0.29, 0.717) is 6.42 Å². The number of benzene rings is 2. The van der Waals surface area contributed by atoms with Crippen molar-refractivity contribution in [1.29, 1.82) is 0 Å². The Balaban J connectivity index is 2.40. The van der Waals surface area contributed by atoms with Crippen molar-refractivity contribution in [1.82, 2.24) is 0 Å². The van der Waals surface area contributed by atoms with Crippen LogP contribution in [0.1, 0.15) is 25.8 Å². The van der Waals surface area contributed by atoms with E-state index in [4.69, 9.17) is 0 Å². The molecule has 1 heteroatoms. The second kappa shape index (κ2) is 5.63. The highest BCUT2D eigenvalue weighted by Crippen LogP contribution is 2.21. The van der Waals surface area contributed by atoms with Crippen LogP contribution in [-0.2, 0) is 11.2 Å². The zero-order valence-corrected chi connectivity index (χ0v) is 10.9. The normalized spacial score (nSPS) is 11.8. The largest absolute Gasteiger partial charge is 0.295 e. The van der Waals surface area contributed by atoms with Crippen LogP contribution in [0.5, 0.6) is 0 Å². The molecule has 0 heterocycles. The average molecular weight is 238 g/mol. The fourth-order valence-corrected chi connectivity index (χ4v) is 2.24. The van der Waals surface area contributed by atoms with E-state index >= 15 is 0 Å². The van der Waals surface area contributed by atoms with Gasteiger partial charge < -0.3 is 0 Å². The molecule has 0 spiro atoms. The van der Waals surface area contributed by atoms with Crippen LogP contribution < -0.4 is 0 Å². The zero-order valence-electron chi connectivity index (χ0n) is 10.9. The number of carbonyl (C=O) groups excluding carboxylic acids is 1. The molecule has 0 radical (unpaired) electrons. The molecule has 0 N–H and O–H groups in total. The minimum atomic E-state index is 0.241. The maximum absolute atomic E-state index is 11.8. The van der Waals surface area contributed by atoms with Gasteiger partial charge in [-0.15, -0.1) is 0 Å². The first kappa shape index (κ1) is 12.6. The number of hydrogen-bond acceptors (Lipinski definition) is 1. The predicted octanol–water partition coefficient (Wildman–Crippen LogP) is 4.31. The Morgan fingerprint density at radius 1 is 1.11 bits per heavy atom. The maximum atomic E-state index is 11.8. The van der Waals surface area contributed by atoms with Crippen molar-refractivity contribution >= 4 is 16.6 Å². The van der Waals surface area contributed by atoms with Gasteiger partial charge in [0.05, 0.1) is 0 Å². The number of allylic oxidation sites excluding steroid dienone is 2. The van der Waals surface area contributed by atoms with Crippen molar-refractivity contribution < 1.29 is 4.79 Å². The van der Waals surface area contributed by atoms with Gasteiger partial charge in [-0.3, -0.25) is 4.79 Å². The molecular formula is C17H18O. The summed E-state index contributed by atoms with van der Waals surface area (Å²) in [7, 11) is 0. The molecule has 18 heavy (non-hydrogen) atoms. The van der Waals surface area contributed by atoms with Gasteiger partial charge in [0.25, 0.3) is 0 Å². The number of Topliss-reactive ketones (excluding diaryl/α,β-unsaturated/α-hetero) is 1. The number of hydrogen-bond donors (Lipinski definition) is 0. The summed E-state index contributed by atoms with van der Waals surface area (Å²) in [5.41, 5.74) is 2.14.